The molecule has 0 spiro atoms. The Balaban J connectivity index is 1.79. The molecule has 0 aliphatic carbocycles. The first-order chi connectivity index (χ1) is 12.7. The number of para-hydroxylation sites is 1. The van der Waals surface area contributed by atoms with Gasteiger partial charge in [0.15, 0.2) is 0 Å². The standard InChI is InChI=1S/C17H17F3N4O3/c1-10-4-2-3-5-13(10)24-14(6-7-21-24)22-16(27)23-8-11(15(25)26)12(9-23)17(18,19)20/h2-7,11-12H,8-9H2,1H3,(H,22,27)(H,25,26)/t11-,12-/m1/s1. The minimum Gasteiger partial charge on any atom is -0.481 e. The fourth-order valence-corrected chi connectivity index (χ4v) is 3.13. The molecule has 1 saturated heterocycles. The Bertz CT molecular complexity index is 865. The second-order valence-corrected chi connectivity index (χ2v) is 6.34. The van der Waals surface area contributed by atoms with Crippen molar-refractivity contribution in [2.24, 2.45) is 11.8 Å². The highest BCUT2D eigenvalue weighted by Gasteiger charge is 2.53. The van der Waals surface area contributed by atoms with E-state index in [4.69, 9.17) is 5.11 Å². The van der Waals surface area contributed by atoms with Crippen molar-refractivity contribution in [3.63, 3.8) is 0 Å². The van der Waals surface area contributed by atoms with Crippen molar-refractivity contribution in [2.45, 2.75) is 13.1 Å². The van der Waals surface area contributed by atoms with E-state index in [-0.39, 0.29) is 5.82 Å². The topological polar surface area (TPSA) is 87.5 Å². The zero-order valence-electron chi connectivity index (χ0n) is 14.3. The van der Waals surface area contributed by atoms with Gasteiger partial charge in [0, 0.05) is 19.2 Å². The van der Waals surface area contributed by atoms with Crippen LogP contribution in [0.3, 0.4) is 0 Å². The second-order valence-electron chi connectivity index (χ2n) is 6.34. The van der Waals surface area contributed by atoms with Gasteiger partial charge in [0.25, 0.3) is 0 Å². The number of carboxylic acid groups (broad SMARTS) is 1. The molecule has 1 aliphatic rings. The van der Waals surface area contributed by atoms with Gasteiger partial charge in [-0.25, -0.2) is 9.48 Å². The Morgan fingerprint density at radius 1 is 1.22 bits per heavy atom. The monoisotopic (exact) mass is 382 g/mol. The third-order valence-electron chi connectivity index (χ3n) is 4.57. The lowest BCUT2D eigenvalue weighted by molar-refractivity contribution is -0.187. The number of carboxylic acids is 1. The van der Waals surface area contributed by atoms with Crippen LogP contribution in [-0.4, -0.2) is 51.1 Å². The molecule has 2 N–H and O–H groups in total. The lowest BCUT2D eigenvalue weighted by Gasteiger charge is -2.19. The number of benzene rings is 1. The zero-order valence-corrected chi connectivity index (χ0v) is 14.3. The molecule has 144 valence electrons. The molecule has 7 nitrogen and oxygen atoms in total. The molecule has 27 heavy (non-hydrogen) atoms. The first-order valence-corrected chi connectivity index (χ1v) is 8.14. The van der Waals surface area contributed by atoms with Gasteiger partial charge in [-0.2, -0.15) is 18.3 Å². The Morgan fingerprint density at radius 3 is 2.52 bits per heavy atom. The van der Waals surface area contributed by atoms with E-state index in [0.717, 1.165) is 10.5 Å². The molecule has 2 atom stereocenters. The van der Waals surface area contributed by atoms with Gasteiger partial charge < -0.3 is 10.0 Å². The normalized spacial score (nSPS) is 19.9. The summed E-state index contributed by atoms with van der Waals surface area (Å²) in [6.07, 6.45) is -3.24. The van der Waals surface area contributed by atoms with Crippen molar-refractivity contribution >= 4 is 17.8 Å². The fraction of sp³-hybridized carbons (Fsp3) is 0.353. The van der Waals surface area contributed by atoms with Crippen LogP contribution in [-0.2, 0) is 4.79 Å². The van der Waals surface area contributed by atoms with Crippen LogP contribution in [0.1, 0.15) is 5.56 Å². The smallest absolute Gasteiger partial charge is 0.394 e. The lowest BCUT2D eigenvalue weighted by atomic mass is 9.96. The summed E-state index contributed by atoms with van der Waals surface area (Å²) in [7, 11) is 0. The molecule has 1 fully saturated rings. The predicted octanol–water partition coefficient (Wildman–Crippen LogP) is 2.91. The number of rotatable bonds is 3. The van der Waals surface area contributed by atoms with Crippen LogP contribution in [0.2, 0.25) is 0 Å². The van der Waals surface area contributed by atoms with Gasteiger partial charge in [-0.3, -0.25) is 10.1 Å². The molecule has 0 unspecified atom stereocenters. The van der Waals surface area contributed by atoms with Gasteiger partial charge >= 0.3 is 18.2 Å². The van der Waals surface area contributed by atoms with E-state index in [0.29, 0.717) is 5.69 Å². The van der Waals surface area contributed by atoms with Gasteiger partial charge in [-0.1, -0.05) is 18.2 Å². The number of hydrogen-bond donors (Lipinski definition) is 2. The molecule has 1 aromatic carbocycles. The van der Waals surface area contributed by atoms with Crippen LogP contribution in [0.4, 0.5) is 23.8 Å². The molecule has 0 saturated carbocycles. The lowest BCUT2D eigenvalue weighted by Crippen LogP contribution is -2.35. The maximum absolute atomic E-state index is 13.1. The van der Waals surface area contributed by atoms with Gasteiger partial charge in [0.2, 0.25) is 0 Å². The Labute approximate surface area is 152 Å². The molecule has 0 radical (unpaired) electrons. The summed E-state index contributed by atoms with van der Waals surface area (Å²) in [6, 6.07) is 7.98. The summed E-state index contributed by atoms with van der Waals surface area (Å²) in [5, 5.41) is 15.7. The molecular formula is C17H17F3N4O3. The van der Waals surface area contributed by atoms with Gasteiger partial charge in [-0.15, -0.1) is 0 Å². The van der Waals surface area contributed by atoms with Crippen molar-refractivity contribution in [1.29, 1.82) is 0 Å². The molecule has 2 aromatic rings. The number of likely N-dealkylation sites (tertiary alicyclic amines) is 1. The number of aliphatic carboxylic acids is 1. The van der Waals surface area contributed by atoms with Gasteiger partial charge in [0.05, 0.1) is 23.7 Å². The van der Waals surface area contributed by atoms with Crippen LogP contribution in [0.15, 0.2) is 36.5 Å². The number of aromatic nitrogens is 2. The molecule has 1 aromatic heterocycles. The van der Waals surface area contributed by atoms with Crippen LogP contribution in [0, 0.1) is 18.8 Å². The maximum atomic E-state index is 13.1. The quantitative estimate of drug-likeness (QED) is 0.855. The number of nitrogens with one attached hydrogen (secondary N) is 1. The van der Waals surface area contributed by atoms with Crippen LogP contribution >= 0.6 is 0 Å². The van der Waals surface area contributed by atoms with Crippen LogP contribution in [0.5, 0.6) is 0 Å². The number of urea groups is 1. The van der Waals surface area contributed by atoms with E-state index in [9.17, 15) is 22.8 Å². The van der Waals surface area contributed by atoms with Crippen molar-refractivity contribution in [3.8, 4) is 5.69 Å². The molecule has 10 heteroatoms. The maximum Gasteiger partial charge on any atom is 0.394 e. The zero-order chi connectivity index (χ0) is 19.8. The summed E-state index contributed by atoms with van der Waals surface area (Å²) >= 11 is 0. The average Bonchev–Trinajstić information content (AvgIpc) is 3.22. The number of hydrogen-bond acceptors (Lipinski definition) is 3. The number of amides is 2. The van der Waals surface area contributed by atoms with Crippen LogP contribution in [0.25, 0.3) is 5.69 Å². The molecule has 2 amide bonds. The van der Waals surface area contributed by atoms with E-state index in [1.165, 1.54) is 16.9 Å². The molecule has 0 bridgehead atoms. The summed E-state index contributed by atoms with van der Waals surface area (Å²) in [4.78, 5) is 24.5. The number of anilines is 1. The van der Waals surface area contributed by atoms with Crippen molar-refractivity contribution in [1.82, 2.24) is 14.7 Å². The second kappa shape index (κ2) is 6.93. The van der Waals surface area contributed by atoms with E-state index >= 15 is 0 Å². The van der Waals surface area contributed by atoms with E-state index in [1.807, 2.05) is 19.1 Å². The number of carbonyl (C=O) groups is 2. The SMILES string of the molecule is Cc1ccccc1-n1nccc1NC(=O)N1C[C@@H](C(F)(F)F)[C@H](C(=O)O)C1. The summed E-state index contributed by atoms with van der Waals surface area (Å²) in [6.45, 7) is 0.642. The minimum atomic E-state index is -4.69. The Kier molecular flexibility index (Phi) is 4.81. The third-order valence-corrected chi connectivity index (χ3v) is 4.57. The van der Waals surface area contributed by atoms with Gasteiger partial charge in [0.1, 0.15) is 5.82 Å². The minimum absolute atomic E-state index is 0.275. The highest BCUT2D eigenvalue weighted by molar-refractivity contribution is 5.89. The third kappa shape index (κ3) is 3.74. The highest BCUT2D eigenvalue weighted by Crippen LogP contribution is 2.38. The highest BCUT2D eigenvalue weighted by atomic mass is 19.4. The van der Waals surface area contributed by atoms with Crippen molar-refractivity contribution in [3.05, 3.63) is 42.1 Å². The molecule has 1 aliphatic heterocycles. The number of carbonyl (C=O) groups excluding carboxylic acids is 1. The number of alkyl halides is 3. The van der Waals surface area contributed by atoms with E-state index in [2.05, 4.69) is 10.4 Å². The Hall–Kier alpha value is -3.04. The van der Waals surface area contributed by atoms with Gasteiger partial charge in [-0.05, 0) is 18.6 Å². The summed E-state index contributed by atoms with van der Waals surface area (Å²) < 4.78 is 40.7. The van der Waals surface area contributed by atoms with Crippen molar-refractivity contribution < 1.29 is 27.9 Å². The fourth-order valence-electron chi connectivity index (χ4n) is 3.13. The number of halogens is 3. The van der Waals surface area contributed by atoms with E-state index in [1.54, 1.807) is 12.1 Å². The molecular weight excluding hydrogens is 365 g/mol. The summed E-state index contributed by atoms with van der Waals surface area (Å²) in [5.74, 6) is -5.08. The number of nitrogens with zero attached hydrogens (tertiary/aromatic N) is 3. The van der Waals surface area contributed by atoms with Crippen LogP contribution < -0.4 is 5.32 Å². The largest absolute Gasteiger partial charge is 0.481 e. The first kappa shape index (κ1) is 18.7. The van der Waals surface area contributed by atoms with Crippen molar-refractivity contribution in [2.75, 3.05) is 18.4 Å². The first-order valence-electron chi connectivity index (χ1n) is 8.14. The average molecular weight is 382 g/mol. The van der Waals surface area contributed by atoms with E-state index < -0.39 is 43.1 Å². The number of aryl methyl sites for hydroxylation is 1. The molecule has 3 rings (SSSR count). The summed E-state index contributed by atoms with van der Waals surface area (Å²) in [5.41, 5.74) is 1.59. The predicted molar refractivity (Wildman–Crippen MR) is 89.6 cm³/mol. The Morgan fingerprint density at radius 2 is 1.93 bits per heavy atom. The molecule has 2 heterocycles.